The van der Waals surface area contributed by atoms with Gasteiger partial charge in [-0.15, -0.1) is 0 Å². The Kier molecular flexibility index (Phi) is 6.58. The predicted molar refractivity (Wildman–Crippen MR) is 107 cm³/mol. The summed E-state index contributed by atoms with van der Waals surface area (Å²) in [5.74, 6) is 1.56. The van der Waals surface area contributed by atoms with Crippen molar-refractivity contribution in [3.8, 4) is 22.6 Å². The molecule has 4 nitrogen and oxygen atoms in total. The Labute approximate surface area is 155 Å². The number of likely N-dealkylation sites (N-methyl/N-ethyl adjacent to an activating group) is 1. The molecule has 0 bridgehead atoms. The quantitative estimate of drug-likeness (QED) is 0.580. The molecule has 0 aliphatic rings. The molecule has 4 heteroatoms. The van der Waals surface area contributed by atoms with E-state index >= 15 is 0 Å². The number of benzene rings is 2. The zero-order valence-corrected chi connectivity index (χ0v) is 15.6. The van der Waals surface area contributed by atoms with Gasteiger partial charge in [0, 0.05) is 24.2 Å². The van der Waals surface area contributed by atoms with Crippen LogP contribution in [0.2, 0.25) is 0 Å². The zero-order valence-electron chi connectivity index (χ0n) is 15.6. The number of hydrogen-bond donors (Lipinski definition) is 1. The van der Waals surface area contributed by atoms with Crippen LogP contribution in [0.15, 0.2) is 65.1 Å². The first kappa shape index (κ1) is 18.4. The molecule has 26 heavy (non-hydrogen) atoms. The first-order valence-corrected chi connectivity index (χ1v) is 9.35. The van der Waals surface area contributed by atoms with E-state index in [0.717, 1.165) is 54.7 Å². The molecule has 0 saturated carbocycles. The molecule has 0 aliphatic heterocycles. The van der Waals surface area contributed by atoms with E-state index in [1.165, 1.54) is 0 Å². The SMILES string of the molecule is CCN(CC)CCNCc1nc(-c2ccccc2)c(-c2ccccc2)o1. The molecular weight excluding hydrogens is 322 g/mol. The Balaban J connectivity index is 1.77. The Morgan fingerprint density at radius 3 is 2.12 bits per heavy atom. The van der Waals surface area contributed by atoms with Gasteiger partial charge in [0.15, 0.2) is 5.76 Å². The van der Waals surface area contributed by atoms with E-state index in [2.05, 4.69) is 48.3 Å². The number of nitrogens with zero attached hydrogens (tertiary/aromatic N) is 2. The van der Waals surface area contributed by atoms with Crippen LogP contribution in [0.25, 0.3) is 22.6 Å². The fourth-order valence-electron chi connectivity index (χ4n) is 2.99. The third kappa shape index (κ3) is 4.59. The molecule has 0 amide bonds. The lowest BCUT2D eigenvalue weighted by Crippen LogP contribution is -2.31. The van der Waals surface area contributed by atoms with Crippen LogP contribution in [0.1, 0.15) is 19.7 Å². The largest absolute Gasteiger partial charge is 0.439 e. The summed E-state index contributed by atoms with van der Waals surface area (Å²) in [6.45, 7) is 9.12. The Bertz CT molecular complexity index is 723. The molecule has 0 unspecified atom stereocenters. The van der Waals surface area contributed by atoms with Crippen molar-refractivity contribution in [3.05, 3.63) is 66.6 Å². The van der Waals surface area contributed by atoms with Crippen LogP contribution in [-0.2, 0) is 6.54 Å². The Morgan fingerprint density at radius 2 is 1.50 bits per heavy atom. The average molecular weight is 349 g/mol. The van der Waals surface area contributed by atoms with Gasteiger partial charge in [-0.2, -0.15) is 0 Å². The van der Waals surface area contributed by atoms with E-state index in [1.54, 1.807) is 0 Å². The van der Waals surface area contributed by atoms with Crippen molar-refractivity contribution in [1.82, 2.24) is 15.2 Å². The van der Waals surface area contributed by atoms with Crippen LogP contribution < -0.4 is 5.32 Å². The van der Waals surface area contributed by atoms with Crippen LogP contribution in [0, 0.1) is 0 Å². The number of oxazole rings is 1. The summed E-state index contributed by atoms with van der Waals surface area (Å²) in [4.78, 5) is 7.17. The minimum absolute atomic E-state index is 0.633. The zero-order chi connectivity index (χ0) is 18.2. The van der Waals surface area contributed by atoms with Crippen LogP contribution in [0.5, 0.6) is 0 Å². The van der Waals surface area contributed by atoms with Gasteiger partial charge >= 0.3 is 0 Å². The van der Waals surface area contributed by atoms with Gasteiger partial charge in [0.25, 0.3) is 0 Å². The van der Waals surface area contributed by atoms with Crippen molar-refractivity contribution < 1.29 is 4.42 Å². The van der Waals surface area contributed by atoms with Gasteiger partial charge in [0.05, 0.1) is 6.54 Å². The number of rotatable bonds is 9. The highest BCUT2D eigenvalue weighted by atomic mass is 16.4. The summed E-state index contributed by atoms with van der Waals surface area (Å²) in [5.41, 5.74) is 3.02. The average Bonchev–Trinajstić information content (AvgIpc) is 3.14. The van der Waals surface area contributed by atoms with Crippen LogP contribution in [0.4, 0.5) is 0 Å². The molecule has 0 atom stereocenters. The summed E-state index contributed by atoms with van der Waals surface area (Å²) >= 11 is 0. The normalized spacial score (nSPS) is 11.2. The van der Waals surface area contributed by atoms with Gasteiger partial charge in [0.2, 0.25) is 5.89 Å². The van der Waals surface area contributed by atoms with Gasteiger partial charge in [-0.3, -0.25) is 0 Å². The fraction of sp³-hybridized carbons (Fsp3) is 0.318. The monoisotopic (exact) mass is 349 g/mol. The first-order chi connectivity index (χ1) is 12.8. The van der Waals surface area contributed by atoms with Crippen molar-refractivity contribution in [2.75, 3.05) is 26.2 Å². The Morgan fingerprint density at radius 1 is 0.885 bits per heavy atom. The molecule has 1 aromatic heterocycles. The second-order valence-electron chi connectivity index (χ2n) is 6.22. The van der Waals surface area contributed by atoms with Crippen molar-refractivity contribution in [3.63, 3.8) is 0 Å². The summed E-state index contributed by atoms with van der Waals surface area (Å²) in [6.07, 6.45) is 0. The number of nitrogens with one attached hydrogen (secondary N) is 1. The van der Waals surface area contributed by atoms with E-state index in [-0.39, 0.29) is 0 Å². The van der Waals surface area contributed by atoms with Crippen LogP contribution in [0.3, 0.4) is 0 Å². The molecule has 2 aromatic carbocycles. The van der Waals surface area contributed by atoms with Gasteiger partial charge < -0.3 is 14.6 Å². The molecule has 1 N–H and O–H groups in total. The molecule has 0 radical (unpaired) electrons. The van der Waals surface area contributed by atoms with Crippen LogP contribution >= 0.6 is 0 Å². The molecule has 0 aliphatic carbocycles. The molecule has 136 valence electrons. The highest BCUT2D eigenvalue weighted by Gasteiger charge is 2.16. The second kappa shape index (κ2) is 9.32. The Hall–Kier alpha value is -2.43. The third-order valence-electron chi connectivity index (χ3n) is 4.53. The summed E-state index contributed by atoms with van der Waals surface area (Å²) in [6, 6.07) is 20.4. The first-order valence-electron chi connectivity index (χ1n) is 9.35. The fourth-order valence-corrected chi connectivity index (χ4v) is 2.99. The highest BCUT2D eigenvalue weighted by molar-refractivity contribution is 5.76. The predicted octanol–water partition coefficient (Wildman–Crippen LogP) is 4.44. The summed E-state index contributed by atoms with van der Waals surface area (Å²) < 4.78 is 6.13. The van der Waals surface area contributed by atoms with Gasteiger partial charge in [0.1, 0.15) is 5.69 Å². The minimum Gasteiger partial charge on any atom is -0.439 e. The van der Waals surface area contributed by atoms with E-state index in [4.69, 9.17) is 9.40 Å². The minimum atomic E-state index is 0.633. The van der Waals surface area contributed by atoms with Crippen molar-refractivity contribution in [2.45, 2.75) is 20.4 Å². The molecule has 3 aromatic rings. The van der Waals surface area contributed by atoms with Crippen molar-refractivity contribution in [1.29, 1.82) is 0 Å². The maximum atomic E-state index is 6.13. The van der Waals surface area contributed by atoms with Crippen molar-refractivity contribution in [2.24, 2.45) is 0 Å². The standard InChI is InChI=1S/C22H27N3O/c1-3-25(4-2)16-15-23-17-20-24-21(18-11-7-5-8-12-18)22(26-20)19-13-9-6-10-14-19/h5-14,23H,3-4,15-17H2,1-2H3. The van der Waals surface area contributed by atoms with Crippen LogP contribution in [-0.4, -0.2) is 36.1 Å². The number of aromatic nitrogens is 1. The second-order valence-corrected chi connectivity index (χ2v) is 6.22. The van der Waals surface area contributed by atoms with E-state index in [9.17, 15) is 0 Å². The van der Waals surface area contributed by atoms with Gasteiger partial charge in [-0.05, 0) is 13.1 Å². The van der Waals surface area contributed by atoms with Gasteiger partial charge in [-0.1, -0.05) is 74.5 Å². The molecule has 0 saturated heterocycles. The molecule has 3 rings (SSSR count). The maximum absolute atomic E-state index is 6.13. The molecular formula is C22H27N3O. The molecule has 1 heterocycles. The topological polar surface area (TPSA) is 41.3 Å². The third-order valence-corrected chi connectivity index (χ3v) is 4.53. The lowest BCUT2D eigenvalue weighted by atomic mass is 10.1. The lowest BCUT2D eigenvalue weighted by Gasteiger charge is -2.17. The van der Waals surface area contributed by atoms with E-state index in [1.807, 2.05) is 36.4 Å². The summed E-state index contributed by atoms with van der Waals surface area (Å²) in [5, 5.41) is 3.45. The molecule has 0 fully saturated rings. The highest BCUT2D eigenvalue weighted by Crippen LogP contribution is 2.32. The number of hydrogen-bond acceptors (Lipinski definition) is 4. The summed E-state index contributed by atoms with van der Waals surface area (Å²) in [7, 11) is 0. The molecule has 0 spiro atoms. The lowest BCUT2D eigenvalue weighted by molar-refractivity contribution is 0.300. The van der Waals surface area contributed by atoms with E-state index in [0.29, 0.717) is 6.54 Å². The smallest absolute Gasteiger partial charge is 0.209 e. The maximum Gasteiger partial charge on any atom is 0.209 e. The van der Waals surface area contributed by atoms with Gasteiger partial charge in [-0.25, -0.2) is 4.98 Å². The van der Waals surface area contributed by atoms with E-state index < -0.39 is 0 Å². The van der Waals surface area contributed by atoms with Crippen molar-refractivity contribution >= 4 is 0 Å².